The van der Waals surface area contributed by atoms with Crippen molar-refractivity contribution in [3.05, 3.63) is 65.0 Å². The smallest absolute Gasteiger partial charge is 0.426 e. The van der Waals surface area contributed by atoms with Gasteiger partial charge in [0.1, 0.15) is 5.75 Å². The van der Waals surface area contributed by atoms with Crippen LogP contribution in [0.1, 0.15) is 75.8 Å². The molecule has 0 spiro atoms. The van der Waals surface area contributed by atoms with E-state index in [-0.39, 0.29) is 17.9 Å². The molecule has 0 aliphatic heterocycles. The van der Waals surface area contributed by atoms with Crippen molar-refractivity contribution in [3.63, 3.8) is 0 Å². The highest BCUT2D eigenvalue weighted by Gasteiger charge is 2.36. The minimum atomic E-state index is -3.99. The van der Waals surface area contributed by atoms with Crippen molar-refractivity contribution in [1.82, 2.24) is 0 Å². The Morgan fingerprint density at radius 3 is 1.97 bits per heavy atom. The SMILES string of the molecule is CCCCCC1CCC(CCc2ccc(OC(F)(F)c3cc(F)c(F)c(F)c3)cc2)CC1. The van der Waals surface area contributed by atoms with E-state index in [0.29, 0.717) is 5.92 Å². The molecule has 1 aliphatic rings. The van der Waals surface area contributed by atoms with Gasteiger partial charge in [-0.1, -0.05) is 70.4 Å². The van der Waals surface area contributed by atoms with Crippen LogP contribution in [-0.4, -0.2) is 0 Å². The summed E-state index contributed by atoms with van der Waals surface area (Å²) in [6.45, 7) is 2.23. The molecule has 0 heterocycles. The number of halogens is 5. The Labute approximate surface area is 187 Å². The van der Waals surface area contributed by atoms with Crippen molar-refractivity contribution in [1.29, 1.82) is 0 Å². The molecule has 32 heavy (non-hydrogen) atoms. The maximum absolute atomic E-state index is 14.3. The first-order valence-corrected chi connectivity index (χ1v) is 11.6. The summed E-state index contributed by atoms with van der Waals surface area (Å²) in [7, 11) is 0. The molecule has 0 radical (unpaired) electrons. The molecule has 1 saturated carbocycles. The molecule has 6 heteroatoms. The summed E-state index contributed by atoms with van der Waals surface area (Å²) in [5.74, 6) is -3.71. The van der Waals surface area contributed by atoms with Gasteiger partial charge in [-0.05, 0) is 54.5 Å². The number of unbranched alkanes of at least 4 members (excludes halogenated alkanes) is 2. The highest BCUT2D eigenvalue weighted by molar-refractivity contribution is 5.29. The Bertz CT molecular complexity index is 834. The Morgan fingerprint density at radius 1 is 0.844 bits per heavy atom. The second-order valence-electron chi connectivity index (χ2n) is 8.94. The topological polar surface area (TPSA) is 9.23 Å². The van der Waals surface area contributed by atoms with Crippen LogP contribution in [0.25, 0.3) is 0 Å². The van der Waals surface area contributed by atoms with E-state index < -0.39 is 29.1 Å². The first-order valence-electron chi connectivity index (χ1n) is 11.6. The van der Waals surface area contributed by atoms with Crippen LogP contribution in [-0.2, 0) is 12.5 Å². The molecule has 0 bridgehead atoms. The minimum absolute atomic E-state index is 0.128. The Kier molecular flexibility index (Phi) is 8.55. The molecule has 0 unspecified atom stereocenters. The van der Waals surface area contributed by atoms with E-state index in [1.807, 2.05) is 0 Å². The highest BCUT2D eigenvalue weighted by atomic mass is 19.3. The lowest BCUT2D eigenvalue weighted by molar-refractivity contribution is -0.185. The first-order chi connectivity index (χ1) is 15.3. The molecule has 0 N–H and O–H groups in total. The van der Waals surface area contributed by atoms with E-state index in [4.69, 9.17) is 0 Å². The van der Waals surface area contributed by atoms with E-state index in [1.165, 1.54) is 63.5 Å². The fourth-order valence-electron chi connectivity index (χ4n) is 4.52. The zero-order chi connectivity index (χ0) is 23.1. The second kappa shape index (κ2) is 11.2. The third-order valence-corrected chi connectivity index (χ3v) is 6.51. The lowest BCUT2D eigenvalue weighted by Crippen LogP contribution is -2.22. The van der Waals surface area contributed by atoms with Gasteiger partial charge in [0.25, 0.3) is 0 Å². The van der Waals surface area contributed by atoms with Gasteiger partial charge in [-0.2, -0.15) is 8.78 Å². The molecule has 0 saturated heterocycles. The molecule has 0 amide bonds. The maximum atomic E-state index is 14.3. The van der Waals surface area contributed by atoms with Crippen LogP contribution >= 0.6 is 0 Å². The first kappa shape index (κ1) is 24.5. The Hall–Kier alpha value is -2.11. The van der Waals surface area contributed by atoms with Gasteiger partial charge in [-0.15, -0.1) is 0 Å². The molecule has 1 aliphatic carbocycles. The summed E-state index contributed by atoms with van der Waals surface area (Å²) in [6.07, 6.45) is 8.36. The number of benzene rings is 2. The Morgan fingerprint density at radius 2 is 1.41 bits per heavy atom. The summed E-state index contributed by atoms with van der Waals surface area (Å²) in [4.78, 5) is 0. The molecular formula is C26H31F5O. The van der Waals surface area contributed by atoms with Gasteiger partial charge in [0.05, 0.1) is 5.56 Å². The van der Waals surface area contributed by atoms with Gasteiger partial charge in [0.2, 0.25) is 0 Å². The molecule has 1 nitrogen and oxygen atoms in total. The third-order valence-electron chi connectivity index (χ3n) is 6.51. The van der Waals surface area contributed by atoms with Gasteiger partial charge in [-0.25, -0.2) is 13.2 Å². The number of hydrogen-bond acceptors (Lipinski definition) is 1. The zero-order valence-electron chi connectivity index (χ0n) is 18.5. The molecule has 176 valence electrons. The average Bonchev–Trinajstić information content (AvgIpc) is 2.77. The Balaban J connectivity index is 1.48. The van der Waals surface area contributed by atoms with Gasteiger partial charge >= 0.3 is 6.11 Å². The second-order valence-corrected chi connectivity index (χ2v) is 8.94. The van der Waals surface area contributed by atoms with Crippen molar-refractivity contribution in [3.8, 4) is 5.75 Å². The van der Waals surface area contributed by atoms with E-state index in [9.17, 15) is 22.0 Å². The van der Waals surface area contributed by atoms with E-state index in [0.717, 1.165) is 24.3 Å². The van der Waals surface area contributed by atoms with Crippen LogP contribution in [0.3, 0.4) is 0 Å². The molecule has 2 aromatic rings. The number of aryl methyl sites for hydroxylation is 1. The van der Waals surface area contributed by atoms with Crippen molar-refractivity contribution in [2.45, 2.75) is 77.2 Å². The highest BCUT2D eigenvalue weighted by Crippen LogP contribution is 2.35. The minimum Gasteiger partial charge on any atom is -0.429 e. The fourth-order valence-corrected chi connectivity index (χ4v) is 4.52. The lowest BCUT2D eigenvalue weighted by Gasteiger charge is -2.28. The summed E-state index contributed by atoms with van der Waals surface area (Å²) in [5, 5.41) is 0. The number of rotatable bonds is 10. The van der Waals surface area contributed by atoms with Gasteiger partial charge in [0, 0.05) is 0 Å². The average molecular weight is 455 g/mol. The summed E-state index contributed by atoms with van der Waals surface area (Å²) >= 11 is 0. The molecule has 1 fully saturated rings. The lowest BCUT2D eigenvalue weighted by atomic mass is 9.78. The van der Waals surface area contributed by atoms with Gasteiger partial charge in [-0.3, -0.25) is 0 Å². The van der Waals surface area contributed by atoms with E-state index >= 15 is 0 Å². The predicted octanol–water partition coefficient (Wildman–Crippen LogP) is 8.55. The number of alkyl halides is 2. The number of ether oxygens (including phenoxy) is 1. The van der Waals surface area contributed by atoms with Crippen LogP contribution in [0.5, 0.6) is 5.75 Å². The quantitative estimate of drug-likeness (QED) is 0.198. The molecule has 0 atom stereocenters. The summed E-state index contributed by atoms with van der Waals surface area (Å²) in [6, 6.07) is 6.78. The predicted molar refractivity (Wildman–Crippen MR) is 115 cm³/mol. The van der Waals surface area contributed by atoms with Crippen LogP contribution in [0.2, 0.25) is 0 Å². The molecular weight excluding hydrogens is 423 g/mol. The van der Waals surface area contributed by atoms with Crippen LogP contribution in [0.15, 0.2) is 36.4 Å². The third kappa shape index (κ3) is 6.69. The summed E-state index contributed by atoms with van der Waals surface area (Å²) in [5.41, 5.74) is -0.0483. The van der Waals surface area contributed by atoms with E-state index in [1.54, 1.807) is 12.1 Å². The van der Waals surface area contributed by atoms with Gasteiger partial charge < -0.3 is 4.74 Å². The standard InChI is InChI=1S/C26H31F5O/c1-2-3-4-5-18-6-8-19(9-7-18)10-11-20-12-14-22(15-13-20)32-26(30,31)21-16-23(27)25(29)24(28)17-21/h12-19H,2-11H2,1H3. The van der Waals surface area contributed by atoms with Crippen molar-refractivity contribution >= 4 is 0 Å². The summed E-state index contributed by atoms with van der Waals surface area (Å²) < 4.78 is 72.8. The van der Waals surface area contributed by atoms with Crippen LogP contribution in [0.4, 0.5) is 22.0 Å². The van der Waals surface area contributed by atoms with Crippen LogP contribution in [0, 0.1) is 29.3 Å². The largest absolute Gasteiger partial charge is 0.429 e. The normalized spacial score (nSPS) is 19.2. The number of hydrogen-bond donors (Lipinski definition) is 0. The fraction of sp³-hybridized carbons (Fsp3) is 0.538. The van der Waals surface area contributed by atoms with Crippen LogP contribution < -0.4 is 4.74 Å². The zero-order valence-corrected chi connectivity index (χ0v) is 18.5. The molecule has 2 aromatic carbocycles. The van der Waals surface area contributed by atoms with E-state index in [2.05, 4.69) is 11.7 Å². The maximum Gasteiger partial charge on any atom is 0.426 e. The molecule has 3 rings (SSSR count). The van der Waals surface area contributed by atoms with Gasteiger partial charge in [0.15, 0.2) is 17.5 Å². The monoisotopic (exact) mass is 454 g/mol. The molecule has 0 aromatic heterocycles. The van der Waals surface area contributed by atoms with Crippen molar-refractivity contribution in [2.75, 3.05) is 0 Å². The van der Waals surface area contributed by atoms with Crippen molar-refractivity contribution in [2.24, 2.45) is 11.8 Å². The van der Waals surface area contributed by atoms with Crippen molar-refractivity contribution < 1.29 is 26.7 Å².